The molecule has 0 spiro atoms. The number of amides is 1. The zero-order valence-electron chi connectivity index (χ0n) is 21.3. The number of carbonyl (C=O) groups is 2. The Morgan fingerprint density at radius 1 is 0.825 bits per heavy atom. The molecule has 0 radical (unpaired) electrons. The van der Waals surface area contributed by atoms with E-state index < -0.39 is 11.9 Å². The average molecular weight is 579 g/mol. The third kappa shape index (κ3) is 7.53. The number of hydrogen-bond acceptors (Lipinski definition) is 6. The Bertz CT molecular complexity index is 1500. The molecule has 4 aromatic rings. The number of halogens is 2. The largest absolute Gasteiger partial charge is 0.493 e. The SMILES string of the molecule is COc1cc(C(=O)N/N=C/c2cc(Cl)c(OCc3ccc(C(=O)O)cc3)c(Cl)c2)ccc1OCc1ccccc1. The molecule has 4 rings (SSSR count). The molecule has 40 heavy (non-hydrogen) atoms. The first-order chi connectivity index (χ1) is 19.3. The molecule has 0 fully saturated rings. The van der Waals surface area contributed by atoms with Crippen LogP contribution in [0.5, 0.6) is 17.2 Å². The van der Waals surface area contributed by atoms with Gasteiger partial charge in [-0.05, 0) is 59.2 Å². The number of hydrogen-bond donors (Lipinski definition) is 2. The molecule has 0 aliphatic carbocycles. The van der Waals surface area contributed by atoms with Crippen LogP contribution in [0.4, 0.5) is 0 Å². The number of nitrogens with one attached hydrogen (secondary N) is 1. The summed E-state index contributed by atoms with van der Waals surface area (Å²) in [5.74, 6) is -0.257. The summed E-state index contributed by atoms with van der Waals surface area (Å²) in [6.07, 6.45) is 1.40. The fraction of sp³-hybridized carbons (Fsp3) is 0.100. The highest BCUT2D eigenvalue weighted by Crippen LogP contribution is 2.34. The fourth-order valence-electron chi connectivity index (χ4n) is 3.58. The number of methoxy groups -OCH3 is 1. The van der Waals surface area contributed by atoms with Crippen LogP contribution in [0, 0.1) is 0 Å². The topological polar surface area (TPSA) is 106 Å². The van der Waals surface area contributed by atoms with Crippen LogP contribution in [0.1, 0.15) is 37.4 Å². The van der Waals surface area contributed by atoms with Gasteiger partial charge in [-0.1, -0.05) is 65.7 Å². The van der Waals surface area contributed by atoms with Crippen LogP contribution < -0.4 is 19.6 Å². The number of hydrazone groups is 1. The number of rotatable bonds is 11. The van der Waals surface area contributed by atoms with E-state index in [1.54, 1.807) is 42.5 Å². The molecular weight excluding hydrogens is 555 g/mol. The molecule has 0 atom stereocenters. The standard InChI is InChI=1S/C30H24Cl2N2O6/c1-38-27-15-23(11-12-26(27)39-17-19-5-3-2-4-6-19)29(35)34-33-16-21-13-24(31)28(25(32)14-21)40-18-20-7-9-22(10-8-20)30(36)37/h2-16H,17-18H2,1H3,(H,34,35)(H,36,37)/b33-16+. The highest BCUT2D eigenvalue weighted by Gasteiger charge is 2.13. The van der Waals surface area contributed by atoms with Crippen molar-refractivity contribution in [3.05, 3.63) is 123 Å². The Kier molecular flexibility index (Phi) is 9.62. The highest BCUT2D eigenvalue weighted by molar-refractivity contribution is 6.37. The molecule has 2 N–H and O–H groups in total. The number of ether oxygens (including phenoxy) is 3. The van der Waals surface area contributed by atoms with Crippen LogP contribution in [0.15, 0.2) is 90.0 Å². The molecule has 0 heterocycles. The normalized spacial score (nSPS) is 10.8. The Labute approximate surface area is 240 Å². The van der Waals surface area contributed by atoms with E-state index in [0.29, 0.717) is 29.2 Å². The highest BCUT2D eigenvalue weighted by atomic mass is 35.5. The number of carboxylic acids is 1. The number of carbonyl (C=O) groups excluding carboxylic acids is 1. The summed E-state index contributed by atoms with van der Waals surface area (Å²) in [7, 11) is 1.50. The van der Waals surface area contributed by atoms with Gasteiger partial charge in [0.2, 0.25) is 0 Å². The first kappa shape index (κ1) is 28.5. The summed E-state index contributed by atoms with van der Waals surface area (Å²) < 4.78 is 17.0. The number of nitrogens with zero attached hydrogens (tertiary/aromatic N) is 1. The number of carboxylic acid groups (broad SMARTS) is 1. The minimum Gasteiger partial charge on any atom is -0.493 e. The van der Waals surface area contributed by atoms with Crippen molar-refractivity contribution in [2.75, 3.05) is 7.11 Å². The Balaban J connectivity index is 1.35. The van der Waals surface area contributed by atoms with Gasteiger partial charge in [0, 0.05) is 5.56 Å². The minimum atomic E-state index is -1.01. The summed E-state index contributed by atoms with van der Waals surface area (Å²) in [6.45, 7) is 0.504. The first-order valence-electron chi connectivity index (χ1n) is 12.0. The molecular formula is C30H24Cl2N2O6. The van der Waals surface area contributed by atoms with Crippen molar-refractivity contribution < 1.29 is 28.9 Å². The molecule has 10 heteroatoms. The maximum absolute atomic E-state index is 12.6. The molecule has 0 saturated heterocycles. The molecule has 0 aromatic heterocycles. The van der Waals surface area contributed by atoms with Gasteiger partial charge in [0.25, 0.3) is 5.91 Å². The van der Waals surface area contributed by atoms with E-state index >= 15 is 0 Å². The van der Waals surface area contributed by atoms with Gasteiger partial charge in [0.1, 0.15) is 13.2 Å². The lowest BCUT2D eigenvalue weighted by Crippen LogP contribution is -2.17. The monoisotopic (exact) mass is 578 g/mol. The van der Waals surface area contributed by atoms with Crippen LogP contribution in [-0.2, 0) is 13.2 Å². The van der Waals surface area contributed by atoms with E-state index in [1.165, 1.54) is 25.5 Å². The van der Waals surface area contributed by atoms with E-state index in [9.17, 15) is 9.59 Å². The predicted octanol–water partition coefficient (Wildman–Crippen LogP) is 6.62. The molecule has 0 aliphatic rings. The summed E-state index contributed by atoms with van der Waals surface area (Å²) in [4.78, 5) is 23.6. The molecule has 1 amide bonds. The van der Waals surface area contributed by atoms with Crippen molar-refractivity contribution in [3.8, 4) is 17.2 Å². The minimum absolute atomic E-state index is 0.141. The van der Waals surface area contributed by atoms with Gasteiger partial charge < -0.3 is 19.3 Å². The van der Waals surface area contributed by atoms with Crippen molar-refractivity contribution in [1.82, 2.24) is 5.43 Å². The molecule has 0 bridgehead atoms. The van der Waals surface area contributed by atoms with E-state index in [0.717, 1.165) is 11.1 Å². The molecule has 8 nitrogen and oxygen atoms in total. The lowest BCUT2D eigenvalue weighted by atomic mass is 10.1. The van der Waals surface area contributed by atoms with Crippen molar-refractivity contribution in [2.45, 2.75) is 13.2 Å². The Morgan fingerprint density at radius 2 is 1.45 bits per heavy atom. The van der Waals surface area contributed by atoms with Crippen molar-refractivity contribution in [3.63, 3.8) is 0 Å². The maximum Gasteiger partial charge on any atom is 0.335 e. The number of benzene rings is 4. The second-order valence-corrected chi connectivity index (χ2v) is 9.26. The van der Waals surface area contributed by atoms with E-state index in [1.807, 2.05) is 30.3 Å². The van der Waals surface area contributed by atoms with Crippen molar-refractivity contribution >= 4 is 41.3 Å². The quantitative estimate of drug-likeness (QED) is 0.153. The van der Waals surface area contributed by atoms with E-state index in [-0.39, 0.29) is 28.0 Å². The van der Waals surface area contributed by atoms with Gasteiger partial charge in [-0.2, -0.15) is 5.10 Å². The second kappa shape index (κ2) is 13.5. The van der Waals surface area contributed by atoms with Crippen LogP contribution in [0.2, 0.25) is 10.0 Å². The smallest absolute Gasteiger partial charge is 0.335 e. The van der Waals surface area contributed by atoms with Crippen molar-refractivity contribution in [1.29, 1.82) is 0 Å². The summed E-state index contributed by atoms with van der Waals surface area (Å²) in [6, 6.07) is 24.0. The van der Waals surface area contributed by atoms with Crippen LogP contribution >= 0.6 is 23.2 Å². The Morgan fingerprint density at radius 3 is 2.10 bits per heavy atom. The average Bonchev–Trinajstić information content (AvgIpc) is 2.96. The van der Waals surface area contributed by atoms with Gasteiger partial charge in [0.05, 0.1) is 28.9 Å². The third-order valence-corrected chi connectivity index (χ3v) is 6.21. The van der Waals surface area contributed by atoms with Gasteiger partial charge in [0.15, 0.2) is 17.2 Å². The molecule has 204 valence electrons. The third-order valence-electron chi connectivity index (χ3n) is 5.65. The molecule has 4 aromatic carbocycles. The summed E-state index contributed by atoms with van der Waals surface area (Å²) in [5.41, 5.74) is 5.27. The molecule has 0 aliphatic heterocycles. The van der Waals surface area contributed by atoms with E-state index in [4.69, 9.17) is 42.5 Å². The fourth-order valence-corrected chi connectivity index (χ4v) is 4.20. The van der Waals surface area contributed by atoms with Crippen molar-refractivity contribution in [2.24, 2.45) is 5.10 Å². The molecule has 0 unspecified atom stereocenters. The van der Waals surface area contributed by atoms with Gasteiger partial charge >= 0.3 is 5.97 Å². The van der Waals surface area contributed by atoms with Crippen LogP contribution in [0.25, 0.3) is 0 Å². The second-order valence-electron chi connectivity index (χ2n) is 8.44. The predicted molar refractivity (Wildman–Crippen MR) is 153 cm³/mol. The van der Waals surface area contributed by atoms with Gasteiger partial charge in [-0.15, -0.1) is 0 Å². The van der Waals surface area contributed by atoms with E-state index in [2.05, 4.69) is 10.5 Å². The summed E-state index contributed by atoms with van der Waals surface area (Å²) in [5, 5.41) is 13.5. The van der Waals surface area contributed by atoms with Crippen LogP contribution in [-0.4, -0.2) is 30.3 Å². The lowest BCUT2D eigenvalue weighted by molar-refractivity contribution is 0.0696. The maximum atomic E-state index is 12.6. The first-order valence-corrected chi connectivity index (χ1v) is 12.7. The number of aromatic carboxylic acids is 1. The summed E-state index contributed by atoms with van der Waals surface area (Å²) >= 11 is 12.7. The van der Waals surface area contributed by atoms with Gasteiger partial charge in [-0.3, -0.25) is 4.79 Å². The Hall–Kier alpha value is -4.53. The van der Waals surface area contributed by atoms with Gasteiger partial charge in [-0.25, -0.2) is 10.2 Å². The lowest BCUT2D eigenvalue weighted by Gasteiger charge is -2.12. The zero-order chi connectivity index (χ0) is 28.5. The molecule has 0 saturated carbocycles. The van der Waals surface area contributed by atoms with Crippen LogP contribution in [0.3, 0.4) is 0 Å². The zero-order valence-corrected chi connectivity index (χ0v) is 22.8.